The van der Waals surface area contributed by atoms with Gasteiger partial charge >= 0.3 is 35.5 Å². The number of carbonyl (C=O) groups excluding carboxylic acids is 1. The second-order valence-electron chi connectivity index (χ2n) is 2.49. The van der Waals surface area contributed by atoms with E-state index in [1.54, 1.807) is 6.92 Å². The Morgan fingerprint density at radius 3 is 2.42 bits per heavy atom. The number of amides is 1. The molecule has 12 heavy (non-hydrogen) atoms. The van der Waals surface area contributed by atoms with Crippen LogP contribution in [0.1, 0.15) is 20.3 Å². The predicted molar refractivity (Wildman–Crippen MR) is 47.2 cm³/mol. The molecule has 0 saturated carbocycles. The van der Waals surface area contributed by atoms with Gasteiger partial charge in [-0.3, -0.25) is 4.79 Å². The number of carbonyl (C=O) groups is 2. The number of hydrogen-bond donors (Lipinski definition) is 2. The van der Waals surface area contributed by atoms with Crippen LogP contribution in [0.4, 0.5) is 0 Å². The number of carboxylic acid groups (broad SMARTS) is 1. The summed E-state index contributed by atoms with van der Waals surface area (Å²) in [6, 6.07) is -0.752. The molecule has 0 aromatic heterocycles. The average Bonchev–Trinajstić information content (AvgIpc) is 1.98. The van der Waals surface area contributed by atoms with Crippen molar-refractivity contribution in [1.82, 2.24) is 5.32 Å². The third-order valence-corrected chi connectivity index (χ3v) is 1.73. The normalized spacial score (nSPS) is 13.8. The van der Waals surface area contributed by atoms with Crippen molar-refractivity contribution < 1.29 is 14.7 Å². The van der Waals surface area contributed by atoms with E-state index in [4.69, 9.17) is 5.11 Å². The SMILES string of the molecule is CC[C@H](C)[C@H](NC=O)C(=O)O.[NaH]. The topological polar surface area (TPSA) is 66.4 Å². The van der Waals surface area contributed by atoms with Crippen molar-refractivity contribution in [3.05, 3.63) is 0 Å². The van der Waals surface area contributed by atoms with Gasteiger partial charge in [0.05, 0.1) is 0 Å². The molecule has 0 fully saturated rings. The van der Waals surface area contributed by atoms with Gasteiger partial charge in [0, 0.05) is 0 Å². The summed E-state index contributed by atoms with van der Waals surface area (Å²) in [4.78, 5) is 20.4. The summed E-state index contributed by atoms with van der Waals surface area (Å²) in [6.07, 6.45) is 1.16. The molecule has 0 saturated heterocycles. The number of aliphatic carboxylic acids is 1. The Kier molecular flexibility index (Phi) is 9.14. The summed E-state index contributed by atoms with van der Waals surface area (Å²) < 4.78 is 0. The van der Waals surface area contributed by atoms with E-state index < -0.39 is 12.0 Å². The van der Waals surface area contributed by atoms with E-state index in [2.05, 4.69) is 5.32 Å². The second-order valence-corrected chi connectivity index (χ2v) is 2.49. The van der Waals surface area contributed by atoms with Crippen LogP contribution in [0.3, 0.4) is 0 Å². The van der Waals surface area contributed by atoms with E-state index >= 15 is 0 Å². The van der Waals surface area contributed by atoms with Gasteiger partial charge in [-0.1, -0.05) is 20.3 Å². The molecule has 0 aliphatic carbocycles. The Labute approximate surface area is 94.0 Å². The van der Waals surface area contributed by atoms with Gasteiger partial charge < -0.3 is 10.4 Å². The molecule has 0 rings (SSSR count). The van der Waals surface area contributed by atoms with E-state index in [9.17, 15) is 9.59 Å². The average molecular weight is 183 g/mol. The standard InChI is InChI=1S/C7H13NO3.Na.H/c1-3-5(2)6(7(10)11)8-4-9;;/h4-6H,3H2,1-2H3,(H,8,9)(H,10,11);;/t5-,6-;;/m0../s1. The molecule has 2 atom stereocenters. The Bertz CT molecular complexity index is 152. The maximum absolute atomic E-state index is 10.5. The van der Waals surface area contributed by atoms with Crippen molar-refractivity contribution in [2.75, 3.05) is 0 Å². The molecule has 66 valence electrons. The zero-order chi connectivity index (χ0) is 8.85. The molecule has 0 spiro atoms. The Morgan fingerprint density at radius 2 is 2.17 bits per heavy atom. The fourth-order valence-electron chi connectivity index (χ4n) is 0.788. The molecule has 0 aliphatic heterocycles. The third-order valence-electron chi connectivity index (χ3n) is 1.73. The van der Waals surface area contributed by atoms with Crippen LogP contribution in [0.2, 0.25) is 0 Å². The minimum atomic E-state index is -0.980. The number of nitrogens with one attached hydrogen (secondary N) is 1. The van der Waals surface area contributed by atoms with Crippen LogP contribution in [0, 0.1) is 5.92 Å². The van der Waals surface area contributed by atoms with Crippen LogP contribution < -0.4 is 5.32 Å². The second kappa shape index (κ2) is 7.58. The molecule has 2 N–H and O–H groups in total. The first-order valence-corrected chi connectivity index (χ1v) is 3.56. The van der Waals surface area contributed by atoms with Crippen molar-refractivity contribution >= 4 is 41.9 Å². The van der Waals surface area contributed by atoms with E-state index in [1.165, 1.54) is 0 Å². The molecule has 1 amide bonds. The van der Waals surface area contributed by atoms with E-state index in [-0.39, 0.29) is 35.5 Å². The van der Waals surface area contributed by atoms with Crippen LogP contribution in [0.5, 0.6) is 0 Å². The molecule has 5 heteroatoms. The first-order chi connectivity index (χ1) is 5.13. The Hall–Kier alpha value is -0.0600. The summed E-state index contributed by atoms with van der Waals surface area (Å²) in [5, 5.41) is 10.8. The first-order valence-electron chi connectivity index (χ1n) is 3.56. The molecule has 4 nitrogen and oxygen atoms in total. The molecular weight excluding hydrogens is 169 g/mol. The molecule has 0 radical (unpaired) electrons. The Morgan fingerprint density at radius 1 is 1.67 bits per heavy atom. The summed E-state index contributed by atoms with van der Waals surface area (Å²) >= 11 is 0. The zero-order valence-corrected chi connectivity index (χ0v) is 6.70. The van der Waals surface area contributed by atoms with Gasteiger partial charge in [0.1, 0.15) is 6.04 Å². The molecule has 0 aromatic rings. The van der Waals surface area contributed by atoms with Gasteiger partial charge in [0.2, 0.25) is 6.41 Å². The molecule has 0 bridgehead atoms. The van der Waals surface area contributed by atoms with E-state index in [0.717, 1.165) is 6.42 Å². The van der Waals surface area contributed by atoms with Gasteiger partial charge in [0.15, 0.2) is 0 Å². The van der Waals surface area contributed by atoms with Crippen LogP contribution >= 0.6 is 0 Å². The minimum absolute atomic E-state index is 0. The quantitative estimate of drug-likeness (QED) is 0.449. The van der Waals surface area contributed by atoms with Crippen molar-refractivity contribution in [1.29, 1.82) is 0 Å². The van der Waals surface area contributed by atoms with Crippen molar-refractivity contribution in [2.45, 2.75) is 26.3 Å². The molecule has 0 aromatic carbocycles. The summed E-state index contributed by atoms with van der Waals surface area (Å²) in [6.45, 7) is 3.67. The summed E-state index contributed by atoms with van der Waals surface area (Å²) in [5.41, 5.74) is 0. The summed E-state index contributed by atoms with van der Waals surface area (Å²) in [7, 11) is 0. The van der Waals surface area contributed by atoms with E-state index in [0.29, 0.717) is 6.41 Å². The van der Waals surface area contributed by atoms with Crippen molar-refractivity contribution in [3.8, 4) is 0 Å². The molecule has 0 aliphatic rings. The maximum atomic E-state index is 10.5. The molecular formula is C7H14NNaO3. The first kappa shape index (κ1) is 14.5. The van der Waals surface area contributed by atoms with Crippen molar-refractivity contribution in [2.24, 2.45) is 5.92 Å². The van der Waals surface area contributed by atoms with Crippen LogP contribution in [-0.2, 0) is 9.59 Å². The summed E-state index contributed by atoms with van der Waals surface area (Å²) in [5.74, 6) is -1.01. The molecule has 0 heterocycles. The number of carboxylic acids is 1. The Balaban J connectivity index is 0. The van der Waals surface area contributed by atoms with Crippen LogP contribution in [0.15, 0.2) is 0 Å². The number of rotatable bonds is 5. The predicted octanol–water partition coefficient (Wildman–Crippen LogP) is -0.417. The molecule has 0 unspecified atom stereocenters. The van der Waals surface area contributed by atoms with Crippen LogP contribution in [-0.4, -0.2) is 53.1 Å². The van der Waals surface area contributed by atoms with Gasteiger partial charge in [-0.05, 0) is 5.92 Å². The van der Waals surface area contributed by atoms with Gasteiger partial charge in [-0.2, -0.15) is 0 Å². The fraction of sp³-hybridized carbons (Fsp3) is 0.714. The third kappa shape index (κ3) is 4.74. The fourth-order valence-corrected chi connectivity index (χ4v) is 0.788. The van der Waals surface area contributed by atoms with Gasteiger partial charge in [-0.15, -0.1) is 0 Å². The zero-order valence-electron chi connectivity index (χ0n) is 6.70. The van der Waals surface area contributed by atoms with Crippen LogP contribution in [0.25, 0.3) is 0 Å². The van der Waals surface area contributed by atoms with Gasteiger partial charge in [-0.25, -0.2) is 4.79 Å². The van der Waals surface area contributed by atoms with Gasteiger partial charge in [0.25, 0.3) is 0 Å². The number of hydrogen-bond acceptors (Lipinski definition) is 2. The van der Waals surface area contributed by atoms with E-state index in [1.807, 2.05) is 6.92 Å². The van der Waals surface area contributed by atoms with Crippen molar-refractivity contribution in [3.63, 3.8) is 0 Å². The monoisotopic (exact) mass is 183 g/mol.